The lowest BCUT2D eigenvalue weighted by Gasteiger charge is -2.26. The Bertz CT molecular complexity index is 1010. The molecule has 0 aliphatic heterocycles. The van der Waals surface area contributed by atoms with Crippen LogP contribution in [-0.2, 0) is 9.59 Å². The number of thiazole rings is 1. The van der Waals surface area contributed by atoms with E-state index in [0.29, 0.717) is 17.0 Å². The maximum Gasteiger partial charge on any atom is 0.254 e. The molecule has 0 aliphatic carbocycles. The van der Waals surface area contributed by atoms with Gasteiger partial charge in [-0.05, 0) is 36.5 Å². The summed E-state index contributed by atoms with van der Waals surface area (Å²) >= 11 is 7.10. The summed E-state index contributed by atoms with van der Waals surface area (Å²) in [6.07, 6.45) is 0.696. The van der Waals surface area contributed by atoms with Crippen LogP contribution in [0.25, 0.3) is 0 Å². The highest BCUT2D eigenvalue weighted by Gasteiger charge is 2.31. The predicted octanol–water partition coefficient (Wildman–Crippen LogP) is 1.39. The second-order valence-corrected chi connectivity index (χ2v) is 9.23. The van der Waals surface area contributed by atoms with Crippen LogP contribution in [0.15, 0.2) is 40.8 Å². The third-order valence-electron chi connectivity index (χ3n) is 4.88. The number of carbonyl (C=O) groups excluding carboxylic acids is 3. The normalized spacial score (nSPS) is 13.6. The average molecular weight is 509 g/mol. The first-order valence-electron chi connectivity index (χ1n) is 10.6. The Labute approximate surface area is 206 Å². The van der Waals surface area contributed by atoms with E-state index in [4.69, 9.17) is 23.1 Å². The Hall–Kier alpha value is -3.02. The molecule has 0 aliphatic rings. The number of carbonyl (C=O) groups is 3. The van der Waals surface area contributed by atoms with Crippen LogP contribution in [0.1, 0.15) is 48.2 Å². The fraction of sp³-hybridized carbons (Fsp3) is 0.409. The van der Waals surface area contributed by atoms with Crippen molar-refractivity contribution in [1.29, 1.82) is 0 Å². The lowest BCUT2D eigenvalue weighted by atomic mass is 10.00. The van der Waals surface area contributed by atoms with Crippen LogP contribution in [-0.4, -0.2) is 52.3 Å². The highest BCUT2D eigenvalue weighted by molar-refractivity contribution is 7.11. The number of hydrogen-bond acceptors (Lipinski definition) is 7. The summed E-state index contributed by atoms with van der Waals surface area (Å²) in [7, 11) is 0. The van der Waals surface area contributed by atoms with Crippen LogP contribution in [0, 0.1) is 5.92 Å². The van der Waals surface area contributed by atoms with Crippen LogP contribution in [0.5, 0.6) is 0 Å². The molecule has 0 saturated heterocycles. The minimum Gasteiger partial charge on any atom is -0.378 e. The number of ketones is 1. The van der Waals surface area contributed by atoms with Gasteiger partial charge in [-0.15, -0.1) is 11.3 Å². The molecule has 2 amide bonds. The lowest BCUT2D eigenvalue weighted by Crippen LogP contribution is -2.54. The summed E-state index contributed by atoms with van der Waals surface area (Å²) < 4.78 is 0. The molecule has 0 unspecified atom stereocenters. The number of guanidine groups is 1. The van der Waals surface area contributed by atoms with Crippen LogP contribution in [0.3, 0.4) is 0 Å². The number of halogens is 1. The second-order valence-electron chi connectivity index (χ2n) is 7.90. The van der Waals surface area contributed by atoms with E-state index >= 15 is 0 Å². The zero-order valence-corrected chi connectivity index (χ0v) is 20.5. The van der Waals surface area contributed by atoms with E-state index in [-0.39, 0.29) is 35.6 Å². The number of aromatic nitrogens is 1. The molecule has 1 heterocycles. The van der Waals surface area contributed by atoms with Crippen molar-refractivity contribution in [2.45, 2.75) is 44.9 Å². The summed E-state index contributed by atoms with van der Waals surface area (Å²) in [5.41, 5.74) is 11.0. The van der Waals surface area contributed by atoms with Crippen LogP contribution in [0.4, 0.5) is 0 Å². The van der Waals surface area contributed by atoms with E-state index in [0.717, 1.165) is 0 Å². The Kier molecular flexibility index (Phi) is 10.4. The predicted molar refractivity (Wildman–Crippen MR) is 131 cm³/mol. The van der Waals surface area contributed by atoms with Gasteiger partial charge in [-0.2, -0.15) is 0 Å². The van der Waals surface area contributed by atoms with Gasteiger partial charge in [0, 0.05) is 23.1 Å². The first-order valence-corrected chi connectivity index (χ1v) is 11.9. The fourth-order valence-electron chi connectivity index (χ4n) is 3.12. The van der Waals surface area contributed by atoms with E-state index in [1.165, 1.54) is 23.6 Å². The van der Waals surface area contributed by atoms with E-state index in [1.807, 2.05) is 0 Å². The molecule has 0 bridgehead atoms. The standard InChI is InChI=1S/C22H29ClN6O4S/c1-12(2)16(29-20(33)17(30)13-5-3-6-14(23)11-13)19(32)28-15(7-4-8-27-22(24)25)18(31)21-26-9-10-34-21/h3,5-6,9-12,15-17,30H,4,7-8H2,1-2H3,(H,28,32)(H,29,33)(H4,24,25,27)/t15-,16-,17+/m0/s1. The number of aliphatic imine (C=N–C) groups is 1. The third-order valence-corrected chi connectivity index (χ3v) is 5.90. The number of Topliss-reactive ketones (excluding diaryl/α,β-unsaturated/α-hetero) is 1. The second kappa shape index (κ2) is 13.0. The van der Waals surface area contributed by atoms with Gasteiger partial charge in [-0.25, -0.2) is 4.98 Å². The summed E-state index contributed by atoms with van der Waals surface area (Å²) in [6, 6.07) is 4.37. The van der Waals surface area contributed by atoms with Crippen LogP contribution < -0.4 is 22.1 Å². The molecule has 1 aromatic heterocycles. The molecule has 0 spiro atoms. The van der Waals surface area contributed by atoms with Gasteiger partial charge in [0.1, 0.15) is 6.04 Å². The van der Waals surface area contributed by atoms with Crippen LogP contribution in [0.2, 0.25) is 5.02 Å². The van der Waals surface area contributed by atoms with Crippen molar-refractivity contribution < 1.29 is 19.5 Å². The third kappa shape index (κ3) is 8.08. The molecule has 3 atom stereocenters. The summed E-state index contributed by atoms with van der Waals surface area (Å²) in [5.74, 6) is -2.05. The van der Waals surface area contributed by atoms with Crippen molar-refractivity contribution in [3.8, 4) is 0 Å². The minimum atomic E-state index is -1.51. The highest BCUT2D eigenvalue weighted by Crippen LogP contribution is 2.19. The van der Waals surface area contributed by atoms with Gasteiger partial charge in [0.2, 0.25) is 11.7 Å². The Morgan fingerprint density at radius 3 is 2.53 bits per heavy atom. The molecular weight excluding hydrogens is 480 g/mol. The molecular formula is C22H29ClN6O4S. The van der Waals surface area contributed by atoms with Gasteiger partial charge in [-0.1, -0.05) is 37.6 Å². The molecule has 1 aromatic carbocycles. The fourth-order valence-corrected chi connectivity index (χ4v) is 3.95. The molecule has 7 N–H and O–H groups in total. The van der Waals surface area contributed by atoms with Gasteiger partial charge in [0.05, 0.1) is 6.04 Å². The molecule has 34 heavy (non-hydrogen) atoms. The first-order chi connectivity index (χ1) is 16.1. The van der Waals surface area contributed by atoms with Crippen molar-refractivity contribution in [1.82, 2.24) is 15.6 Å². The zero-order chi connectivity index (χ0) is 25.3. The highest BCUT2D eigenvalue weighted by atomic mass is 35.5. The van der Waals surface area contributed by atoms with Crippen LogP contribution >= 0.6 is 22.9 Å². The monoisotopic (exact) mass is 508 g/mol. The minimum absolute atomic E-state index is 0.0623. The quantitative estimate of drug-likeness (QED) is 0.125. The van der Waals surface area contributed by atoms with Crippen molar-refractivity contribution in [3.63, 3.8) is 0 Å². The van der Waals surface area contributed by atoms with E-state index in [1.54, 1.807) is 37.4 Å². The number of nitrogens with two attached hydrogens (primary N) is 2. The van der Waals surface area contributed by atoms with E-state index < -0.39 is 30.0 Å². The molecule has 0 saturated carbocycles. The molecule has 10 nitrogen and oxygen atoms in total. The molecule has 0 radical (unpaired) electrons. The van der Waals surface area contributed by atoms with Crippen molar-refractivity contribution in [2.24, 2.45) is 22.4 Å². The number of hydrogen-bond donors (Lipinski definition) is 5. The number of nitrogens with zero attached hydrogens (tertiary/aromatic N) is 2. The van der Waals surface area contributed by atoms with E-state index in [9.17, 15) is 19.5 Å². The largest absolute Gasteiger partial charge is 0.378 e. The number of rotatable bonds is 12. The first kappa shape index (κ1) is 27.2. The SMILES string of the molecule is CC(C)[C@H](NC(=O)[C@H](O)c1cccc(Cl)c1)C(=O)N[C@@H](CCCN=C(N)N)C(=O)c1nccs1. The molecule has 2 rings (SSSR count). The molecule has 2 aromatic rings. The molecule has 184 valence electrons. The Balaban J connectivity index is 2.12. The smallest absolute Gasteiger partial charge is 0.254 e. The van der Waals surface area contributed by atoms with Gasteiger partial charge >= 0.3 is 0 Å². The zero-order valence-electron chi connectivity index (χ0n) is 18.9. The van der Waals surface area contributed by atoms with Crippen molar-refractivity contribution in [2.75, 3.05) is 6.54 Å². The topological polar surface area (TPSA) is 173 Å². The van der Waals surface area contributed by atoms with Crippen molar-refractivity contribution >= 4 is 46.5 Å². The average Bonchev–Trinajstić information content (AvgIpc) is 3.32. The summed E-state index contributed by atoms with van der Waals surface area (Å²) in [6.45, 7) is 3.77. The Morgan fingerprint density at radius 2 is 1.94 bits per heavy atom. The summed E-state index contributed by atoms with van der Waals surface area (Å²) in [4.78, 5) is 46.6. The van der Waals surface area contributed by atoms with E-state index in [2.05, 4.69) is 20.6 Å². The van der Waals surface area contributed by atoms with Gasteiger partial charge in [0.25, 0.3) is 5.91 Å². The summed E-state index contributed by atoms with van der Waals surface area (Å²) in [5, 5.41) is 18.0. The number of nitrogens with one attached hydrogen (secondary N) is 2. The number of aliphatic hydroxyl groups excluding tert-OH is 1. The Morgan fingerprint density at radius 1 is 1.21 bits per heavy atom. The maximum atomic E-state index is 13.1. The lowest BCUT2D eigenvalue weighted by molar-refractivity contribution is -0.135. The molecule has 12 heteroatoms. The van der Waals surface area contributed by atoms with Gasteiger partial charge in [0.15, 0.2) is 17.1 Å². The number of aliphatic hydroxyl groups is 1. The molecule has 0 fully saturated rings. The van der Waals surface area contributed by atoms with Gasteiger partial charge in [-0.3, -0.25) is 19.4 Å². The maximum absolute atomic E-state index is 13.1. The number of amides is 2. The van der Waals surface area contributed by atoms with Gasteiger partial charge < -0.3 is 27.2 Å². The number of benzene rings is 1. The van der Waals surface area contributed by atoms with Crippen molar-refractivity contribution in [3.05, 3.63) is 51.4 Å².